The van der Waals surface area contributed by atoms with E-state index in [1.807, 2.05) is 0 Å². The molecular weight excluding hydrogens is 983 g/mol. The molecule has 0 bridgehead atoms. The van der Waals surface area contributed by atoms with Crippen LogP contribution < -0.4 is 5.32 Å². The second-order valence-corrected chi connectivity index (χ2v) is 25.3. The smallest absolute Gasteiger partial charge is 0.305 e. The Bertz CT molecular complexity index is 1250. The summed E-state index contributed by atoms with van der Waals surface area (Å²) >= 11 is 0. The van der Waals surface area contributed by atoms with Crippen LogP contribution in [0.25, 0.3) is 0 Å². The number of rotatable bonds is 69. The molecule has 0 aromatic carbocycles. The molecular formula is C74H143NO5. The van der Waals surface area contributed by atoms with Crippen molar-refractivity contribution in [2.75, 3.05) is 13.2 Å². The van der Waals surface area contributed by atoms with Crippen molar-refractivity contribution < 1.29 is 24.5 Å². The number of unbranched alkanes of at least 4 members (excludes halogenated alkanes) is 54. The number of carbonyl (C=O) groups excluding carboxylic acids is 2. The van der Waals surface area contributed by atoms with Crippen molar-refractivity contribution in [2.45, 2.75) is 424 Å². The number of carbonyl (C=O) groups is 2. The van der Waals surface area contributed by atoms with E-state index in [0.29, 0.717) is 25.9 Å². The predicted molar refractivity (Wildman–Crippen MR) is 352 cm³/mol. The summed E-state index contributed by atoms with van der Waals surface area (Å²) in [5, 5.41) is 23.4. The molecule has 6 nitrogen and oxygen atoms in total. The fourth-order valence-corrected chi connectivity index (χ4v) is 11.7. The normalized spacial score (nSPS) is 12.6. The molecule has 3 N–H and O–H groups in total. The molecule has 0 rings (SSSR count). The average molecular weight is 1130 g/mol. The largest absolute Gasteiger partial charge is 0.466 e. The maximum absolute atomic E-state index is 12.5. The highest BCUT2D eigenvalue weighted by Crippen LogP contribution is 2.19. The van der Waals surface area contributed by atoms with Crippen LogP contribution in [0, 0.1) is 0 Å². The zero-order valence-electron chi connectivity index (χ0n) is 54.3. The van der Waals surface area contributed by atoms with Crippen molar-refractivity contribution in [3.63, 3.8) is 0 Å². The predicted octanol–water partition coefficient (Wildman–Crippen LogP) is 23.7. The first-order valence-electron chi connectivity index (χ1n) is 36.6. The standard InChI is InChI=1S/C74H143NO5/c1-3-5-7-9-11-13-15-17-18-19-20-34-37-40-43-46-50-54-58-62-66-72(77)71(70-76)75-73(78)67-63-59-55-51-47-44-41-38-35-32-30-28-26-24-22-21-23-25-27-29-31-33-36-39-42-45-49-53-57-61-65-69-80-74(79)68-64-60-56-52-48-16-14-12-10-8-6-4-2/h23,25,29,31,71-72,76-77H,3-22,24,26-28,30,32-70H2,1-2H3,(H,75,78)/b25-23-,31-29-. The number of hydrogen-bond acceptors (Lipinski definition) is 5. The molecule has 0 saturated heterocycles. The van der Waals surface area contributed by atoms with Crippen LogP contribution in [0.3, 0.4) is 0 Å². The summed E-state index contributed by atoms with van der Waals surface area (Å²) in [7, 11) is 0. The van der Waals surface area contributed by atoms with Gasteiger partial charge in [0, 0.05) is 12.8 Å². The number of aliphatic hydroxyl groups excluding tert-OH is 2. The fraction of sp³-hybridized carbons (Fsp3) is 0.919. The molecule has 0 saturated carbocycles. The first kappa shape index (κ1) is 78.3. The van der Waals surface area contributed by atoms with Gasteiger partial charge in [-0.25, -0.2) is 0 Å². The lowest BCUT2D eigenvalue weighted by molar-refractivity contribution is -0.143. The third-order valence-corrected chi connectivity index (χ3v) is 17.3. The van der Waals surface area contributed by atoms with E-state index in [9.17, 15) is 19.8 Å². The number of nitrogens with one attached hydrogen (secondary N) is 1. The molecule has 0 heterocycles. The van der Waals surface area contributed by atoms with Crippen molar-refractivity contribution in [3.05, 3.63) is 24.3 Å². The third kappa shape index (κ3) is 65.5. The Kier molecular flexibility index (Phi) is 68.4. The molecule has 2 unspecified atom stereocenters. The Labute approximate surface area is 501 Å². The van der Waals surface area contributed by atoms with Crippen LogP contribution in [0.5, 0.6) is 0 Å². The summed E-state index contributed by atoms with van der Waals surface area (Å²) in [6, 6.07) is -0.542. The van der Waals surface area contributed by atoms with Crippen LogP contribution >= 0.6 is 0 Å². The van der Waals surface area contributed by atoms with E-state index in [-0.39, 0.29) is 18.5 Å². The summed E-state index contributed by atoms with van der Waals surface area (Å²) < 4.78 is 5.48. The van der Waals surface area contributed by atoms with Crippen molar-refractivity contribution in [2.24, 2.45) is 0 Å². The van der Waals surface area contributed by atoms with Gasteiger partial charge in [-0.15, -0.1) is 0 Å². The topological polar surface area (TPSA) is 95.9 Å². The van der Waals surface area contributed by atoms with Crippen molar-refractivity contribution in [3.8, 4) is 0 Å². The SMILES string of the molecule is CCCCCCCCCCCCCCCCCCCCCCC(O)C(CO)NC(=O)CCCCCCCCCCCCCCCCC/C=C\C/C=C\CCCCCCCCCCCOC(=O)CCCCCCCCCCCCCC. The van der Waals surface area contributed by atoms with Gasteiger partial charge in [-0.1, -0.05) is 366 Å². The van der Waals surface area contributed by atoms with Crippen LogP contribution in [0.1, 0.15) is 412 Å². The summed E-state index contributed by atoms with van der Waals surface area (Å²) in [6.07, 6.45) is 88.1. The van der Waals surface area contributed by atoms with Gasteiger partial charge in [0.1, 0.15) is 0 Å². The summed E-state index contributed by atoms with van der Waals surface area (Å²) in [5.41, 5.74) is 0. The second-order valence-electron chi connectivity index (χ2n) is 25.3. The lowest BCUT2D eigenvalue weighted by Crippen LogP contribution is -2.45. The maximum Gasteiger partial charge on any atom is 0.305 e. The van der Waals surface area contributed by atoms with Gasteiger partial charge in [-0.3, -0.25) is 9.59 Å². The molecule has 1 amide bonds. The minimum Gasteiger partial charge on any atom is -0.466 e. The molecule has 0 fully saturated rings. The molecule has 2 atom stereocenters. The quantitative estimate of drug-likeness (QED) is 0.0320. The number of allylic oxidation sites excluding steroid dienone is 4. The summed E-state index contributed by atoms with van der Waals surface area (Å²) in [5.74, 6) is -0.0152. The van der Waals surface area contributed by atoms with Crippen molar-refractivity contribution in [1.82, 2.24) is 5.32 Å². The molecule has 0 aromatic heterocycles. The molecule has 6 heteroatoms. The molecule has 0 aliphatic carbocycles. The first-order valence-corrected chi connectivity index (χ1v) is 36.6. The molecule has 0 radical (unpaired) electrons. The number of amides is 1. The summed E-state index contributed by atoms with van der Waals surface area (Å²) in [6.45, 7) is 4.99. The zero-order valence-corrected chi connectivity index (χ0v) is 54.3. The van der Waals surface area contributed by atoms with E-state index in [4.69, 9.17) is 4.74 Å². The highest BCUT2D eigenvalue weighted by Gasteiger charge is 2.20. The molecule has 474 valence electrons. The van der Waals surface area contributed by atoms with Gasteiger partial charge in [0.05, 0.1) is 25.4 Å². The number of ether oxygens (including phenoxy) is 1. The van der Waals surface area contributed by atoms with Crippen molar-refractivity contribution in [1.29, 1.82) is 0 Å². The fourth-order valence-electron chi connectivity index (χ4n) is 11.7. The Morgan fingerprint density at radius 2 is 0.625 bits per heavy atom. The van der Waals surface area contributed by atoms with E-state index in [1.54, 1.807) is 0 Å². The Morgan fingerprint density at radius 1 is 0.350 bits per heavy atom. The Balaban J connectivity index is 3.39. The molecule has 0 aliphatic heterocycles. The zero-order chi connectivity index (χ0) is 57.8. The van der Waals surface area contributed by atoms with E-state index in [1.165, 1.54) is 334 Å². The maximum atomic E-state index is 12.5. The van der Waals surface area contributed by atoms with E-state index >= 15 is 0 Å². The van der Waals surface area contributed by atoms with Crippen LogP contribution in [-0.2, 0) is 14.3 Å². The average Bonchev–Trinajstić information content (AvgIpc) is 3.46. The highest BCUT2D eigenvalue weighted by atomic mass is 16.5. The Morgan fingerprint density at radius 3 is 0.950 bits per heavy atom. The van der Waals surface area contributed by atoms with Gasteiger partial charge in [0.2, 0.25) is 5.91 Å². The molecule has 0 spiro atoms. The first-order chi connectivity index (χ1) is 39.5. The van der Waals surface area contributed by atoms with E-state index in [0.717, 1.165) is 44.9 Å². The van der Waals surface area contributed by atoms with Gasteiger partial charge in [-0.2, -0.15) is 0 Å². The van der Waals surface area contributed by atoms with E-state index < -0.39 is 12.1 Å². The lowest BCUT2D eigenvalue weighted by atomic mass is 10.0. The number of esters is 1. The van der Waals surface area contributed by atoms with Crippen molar-refractivity contribution >= 4 is 11.9 Å². The third-order valence-electron chi connectivity index (χ3n) is 17.3. The van der Waals surface area contributed by atoms with Gasteiger partial charge in [0.25, 0.3) is 0 Å². The molecule has 0 aliphatic rings. The molecule has 80 heavy (non-hydrogen) atoms. The minimum atomic E-state index is -0.664. The number of hydrogen-bond donors (Lipinski definition) is 3. The van der Waals surface area contributed by atoms with Gasteiger partial charge < -0.3 is 20.3 Å². The van der Waals surface area contributed by atoms with Gasteiger partial charge >= 0.3 is 5.97 Å². The Hall–Kier alpha value is -1.66. The summed E-state index contributed by atoms with van der Waals surface area (Å²) in [4.78, 5) is 24.6. The van der Waals surface area contributed by atoms with Crippen LogP contribution in [0.2, 0.25) is 0 Å². The van der Waals surface area contributed by atoms with Gasteiger partial charge in [-0.05, 0) is 57.8 Å². The minimum absolute atomic E-state index is 0.0146. The van der Waals surface area contributed by atoms with E-state index in [2.05, 4.69) is 43.5 Å². The lowest BCUT2D eigenvalue weighted by Gasteiger charge is -2.22. The van der Waals surface area contributed by atoms with Crippen LogP contribution in [-0.4, -0.2) is 47.4 Å². The highest BCUT2D eigenvalue weighted by molar-refractivity contribution is 5.76. The molecule has 0 aromatic rings. The van der Waals surface area contributed by atoms with Crippen LogP contribution in [0.15, 0.2) is 24.3 Å². The monoisotopic (exact) mass is 1130 g/mol. The van der Waals surface area contributed by atoms with Gasteiger partial charge in [0.15, 0.2) is 0 Å². The second kappa shape index (κ2) is 69.8. The number of aliphatic hydroxyl groups is 2. The van der Waals surface area contributed by atoms with Crippen LogP contribution in [0.4, 0.5) is 0 Å².